The molecule has 0 spiro atoms. The van der Waals surface area contributed by atoms with Gasteiger partial charge in [0, 0.05) is 103 Å². The van der Waals surface area contributed by atoms with Crippen molar-refractivity contribution in [2.24, 2.45) is 0 Å². The maximum Gasteiger partial charge on any atom is 0.252 e. The van der Waals surface area contributed by atoms with E-state index in [2.05, 4.69) is 345 Å². The summed E-state index contributed by atoms with van der Waals surface area (Å²) < 4.78 is 0. The molecule has 0 atom stereocenters. The Morgan fingerprint density at radius 3 is 0.990 bits per heavy atom. The molecule has 2 aliphatic carbocycles. The van der Waals surface area contributed by atoms with Gasteiger partial charge in [-0.25, -0.2) is 0 Å². The van der Waals surface area contributed by atoms with Gasteiger partial charge in [-0.2, -0.15) is 0 Å². The standard InChI is InChI=1S/C90H74B2N6/c1-10-33-63(34-11-1)74-51-32-52-75(64-35-12-2-13-36-64)90(74)94(67-41-18-5-19-42-67)73-59-85-89-87(60-73)98(71-49-26-9-27-50-71)83-62-82-78(61-79(83)92(89)77-54-29-31-56-81(77)96(85)69-45-22-7-23-46-69)91-76-53-28-30-55-80(76)95(68-43-20-6-21-44-68)84-57-72(58-86(88(84)91)97(82)70-47-24-8-25-48-70)93(65-37-14-3-15-38-65)66-39-16-4-17-40-66/h1-2,5-13,18-36,41-62,65-66H,3-4,14-17,37-40H2. The summed E-state index contributed by atoms with van der Waals surface area (Å²) in [6.07, 6.45) is 12.7. The van der Waals surface area contributed by atoms with Crippen molar-refractivity contribution in [3.63, 3.8) is 0 Å². The van der Waals surface area contributed by atoms with Crippen molar-refractivity contribution in [1.82, 2.24) is 0 Å². The van der Waals surface area contributed by atoms with E-state index in [1.54, 1.807) is 0 Å². The summed E-state index contributed by atoms with van der Waals surface area (Å²) in [7, 11) is 0. The maximum absolute atomic E-state index is 2.97. The van der Waals surface area contributed by atoms with Crippen LogP contribution in [0.4, 0.5) is 91.0 Å². The van der Waals surface area contributed by atoms with Crippen molar-refractivity contribution in [3.05, 3.63) is 315 Å². The third kappa shape index (κ3) is 9.62. The Bertz CT molecular complexity index is 5030. The van der Waals surface area contributed by atoms with Gasteiger partial charge in [0.2, 0.25) is 0 Å². The summed E-state index contributed by atoms with van der Waals surface area (Å²) in [6.45, 7) is -0.265. The fourth-order valence-corrected chi connectivity index (χ4v) is 18.0. The van der Waals surface area contributed by atoms with E-state index in [-0.39, 0.29) is 13.4 Å². The Kier molecular flexibility index (Phi) is 14.5. The molecule has 470 valence electrons. The molecule has 2 fully saturated rings. The minimum absolute atomic E-state index is 0.0979. The Morgan fingerprint density at radius 1 is 0.255 bits per heavy atom. The number of fused-ring (bicyclic) bond motifs is 8. The normalized spacial score (nSPS) is 15.1. The minimum Gasteiger partial charge on any atom is -0.365 e. The Hall–Kier alpha value is -11.2. The van der Waals surface area contributed by atoms with Crippen LogP contribution in [-0.2, 0) is 0 Å². The van der Waals surface area contributed by atoms with Crippen LogP contribution in [0, 0.1) is 0 Å². The van der Waals surface area contributed by atoms with Gasteiger partial charge in [-0.15, -0.1) is 0 Å². The SMILES string of the molecule is c1ccc(-c2cccc(-c3ccccc3)c2N(c2ccccc2)c2cc3c4c(c2)N(c2ccccc2)c2cc5c(cc2B4c2ccccc2N3c2ccccc2)B2c3ccccc3N(c3ccccc3)c3cc(N(C4CCCCC4)C4CCCCC4)cc(c32)N5c2ccccc2)cc1. The molecule has 0 aromatic heterocycles. The topological polar surface area (TPSA) is 19.4 Å². The average Bonchev–Trinajstić information content (AvgIpc) is 0.686. The molecule has 0 radical (unpaired) electrons. The number of hydrogen-bond acceptors (Lipinski definition) is 6. The van der Waals surface area contributed by atoms with Gasteiger partial charge < -0.3 is 29.4 Å². The van der Waals surface area contributed by atoms with E-state index in [1.165, 1.54) is 142 Å². The lowest BCUT2D eigenvalue weighted by Crippen LogP contribution is -2.65. The summed E-state index contributed by atoms with van der Waals surface area (Å²) in [6, 6.07) is 120. The molecule has 19 rings (SSSR count). The van der Waals surface area contributed by atoms with E-state index < -0.39 is 0 Å². The lowest BCUT2D eigenvalue weighted by Gasteiger charge is -2.48. The number of anilines is 16. The van der Waals surface area contributed by atoms with Crippen molar-refractivity contribution < 1.29 is 0 Å². The van der Waals surface area contributed by atoms with Crippen molar-refractivity contribution >= 4 is 137 Å². The zero-order valence-electron chi connectivity index (χ0n) is 55.1. The van der Waals surface area contributed by atoms with Crippen molar-refractivity contribution in [2.75, 3.05) is 29.4 Å². The highest BCUT2D eigenvalue weighted by Gasteiger charge is 2.49. The highest BCUT2D eigenvalue weighted by atomic mass is 15.2. The van der Waals surface area contributed by atoms with E-state index in [1.807, 2.05) is 0 Å². The lowest BCUT2D eigenvalue weighted by molar-refractivity contribution is 0.340. The van der Waals surface area contributed by atoms with Gasteiger partial charge in [0.25, 0.3) is 13.4 Å². The first-order valence-corrected chi connectivity index (χ1v) is 35.7. The van der Waals surface area contributed by atoms with E-state index in [0.29, 0.717) is 12.1 Å². The van der Waals surface area contributed by atoms with Gasteiger partial charge in [0.05, 0.1) is 11.4 Å². The van der Waals surface area contributed by atoms with Gasteiger partial charge >= 0.3 is 0 Å². The molecule has 13 aromatic rings. The molecular formula is C90H74B2N6. The molecule has 0 unspecified atom stereocenters. The molecule has 6 nitrogen and oxygen atoms in total. The predicted molar refractivity (Wildman–Crippen MR) is 416 cm³/mol. The largest absolute Gasteiger partial charge is 0.365 e. The monoisotopic (exact) mass is 1260 g/mol. The van der Waals surface area contributed by atoms with Crippen LogP contribution in [0.5, 0.6) is 0 Å². The molecule has 4 aliphatic heterocycles. The second-order valence-electron chi connectivity index (χ2n) is 27.5. The number of rotatable bonds is 12. The van der Waals surface area contributed by atoms with Crippen LogP contribution in [-0.4, -0.2) is 25.5 Å². The van der Waals surface area contributed by atoms with Gasteiger partial charge in [-0.05, 0) is 173 Å². The molecule has 0 amide bonds. The summed E-state index contributed by atoms with van der Waals surface area (Å²) in [5, 5.41) is 0. The van der Waals surface area contributed by atoms with Crippen LogP contribution in [0.1, 0.15) is 64.2 Å². The maximum atomic E-state index is 2.97. The third-order valence-corrected chi connectivity index (χ3v) is 22.0. The van der Waals surface area contributed by atoms with Gasteiger partial charge in [-0.3, -0.25) is 0 Å². The fourth-order valence-electron chi connectivity index (χ4n) is 18.0. The molecule has 4 heterocycles. The summed E-state index contributed by atoms with van der Waals surface area (Å²) >= 11 is 0. The van der Waals surface area contributed by atoms with Gasteiger partial charge in [0.15, 0.2) is 0 Å². The minimum atomic E-state index is -0.167. The fraction of sp³-hybridized carbons (Fsp3) is 0.133. The summed E-state index contributed by atoms with van der Waals surface area (Å²) in [4.78, 5) is 16.0. The highest BCUT2D eigenvalue weighted by Crippen LogP contribution is 2.54. The second-order valence-corrected chi connectivity index (χ2v) is 27.5. The molecule has 13 aromatic carbocycles. The van der Waals surface area contributed by atoms with E-state index >= 15 is 0 Å². The zero-order chi connectivity index (χ0) is 64.6. The van der Waals surface area contributed by atoms with Crippen LogP contribution >= 0.6 is 0 Å². The third-order valence-electron chi connectivity index (χ3n) is 22.0. The molecular weight excluding hydrogens is 1190 g/mol. The van der Waals surface area contributed by atoms with Gasteiger partial charge in [0.1, 0.15) is 0 Å². The van der Waals surface area contributed by atoms with Crippen molar-refractivity contribution in [3.8, 4) is 22.3 Å². The van der Waals surface area contributed by atoms with Crippen LogP contribution in [0.15, 0.2) is 315 Å². The Morgan fingerprint density at radius 2 is 0.592 bits per heavy atom. The van der Waals surface area contributed by atoms with Crippen molar-refractivity contribution in [1.29, 1.82) is 0 Å². The first-order valence-electron chi connectivity index (χ1n) is 35.7. The lowest BCUT2D eigenvalue weighted by atomic mass is 9.30. The molecule has 8 heteroatoms. The second kappa shape index (κ2) is 24.5. The molecule has 2 saturated carbocycles. The van der Waals surface area contributed by atoms with E-state index in [9.17, 15) is 0 Å². The molecule has 0 N–H and O–H groups in total. The van der Waals surface area contributed by atoms with Crippen LogP contribution in [0.25, 0.3) is 22.3 Å². The summed E-state index contributed by atoms with van der Waals surface area (Å²) in [5.74, 6) is 0. The number of para-hydroxylation sites is 8. The Balaban J connectivity index is 0.923. The zero-order valence-corrected chi connectivity index (χ0v) is 55.1. The van der Waals surface area contributed by atoms with E-state index in [4.69, 9.17) is 0 Å². The van der Waals surface area contributed by atoms with Crippen LogP contribution in [0.3, 0.4) is 0 Å². The smallest absolute Gasteiger partial charge is 0.252 e. The first-order chi connectivity index (χ1) is 48.7. The number of hydrogen-bond donors (Lipinski definition) is 0. The molecule has 98 heavy (non-hydrogen) atoms. The summed E-state index contributed by atoms with van der Waals surface area (Å²) in [5.41, 5.74) is 31.1. The predicted octanol–water partition coefficient (Wildman–Crippen LogP) is 20.1. The van der Waals surface area contributed by atoms with Gasteiger partial charge in [-0.1, -0.05) is 251 Å². The quantitative estimate of drug-likeness (QED) is 0.113. The van der Waals surface area contributed by atoms with Crippen LogP contribution < -0.4 is 62.2 Å². The average molecular weight is 1260 g/mol. The first kappa shape index (κ1) is 58.2. The van der Waals surface area contributed by atoms with Crippen molar-refractivity contribution in [2.45, 2.75) is 76.3 Å². The molecule has 0 bridgehead atoms. The molecule has 6 aliphatic rings. The highest BCUT2D eigenvalue weighted by molar-refractivity contribution is 7.03. The number of benzene rings is 13. The number of nitrogens with zero attached hydrogens (tertiary/aromatic N) is 6. The molecule has 0 saturated heterocycles. The van der Waals surface area contributed by atoms with E-state index in [0.717, 1.165) is 67.8 Å². The van der Waals surface area contributed by atoms with Crippen LogP contribution in [0.2, 0.25) is 0 Å². The Labute approximate surface area is 577 Å².